The molecule has 2 atom stereocenters. The Morgan fingerprint density at radius 2 is 2.24 bits per heavy atom. The van der Waals surface area contributed by atoms with Gasteiger partial charge in [0.25, 0.3) is 0 Å². The Bertz CT molecular complexity index is 1270. The van der Waals surface area contributed by atoms with E-state index in [0.29, 0.717) is 22.3 Å². The Balaban J connectivity index is 1.74. The molecule has 8 nitrogen and oxygen atoms in total. The topological polar surface area (TPSA) is 94.1 Å². The van der Waals surface area contributed by atoms with Crippen molar-refractivity contribution in [3.8, 4) is 22.9 Å². The van der Waals surface area contributed by atoms with Crippen LogP contribution in [0, 0.1) is 11.3 Å². The van der Waals surface area contributed by atoms with E-state index in [-0.39, 0.29) is 24.8 Å². The number of nitrogens with zero attached hydrogens (tertiary/aromatic N) is 4. The van der Waals surface area contributed by atoms with Crippen molar-refractivity contribution in [2.75, 3.05) is 13.2 Å². The quantitative estimate of drug-likeness (QED) is 0.546. The SMILES string of the molecule is CC(=O)N[C@H]1CCn2c1c(-c1cnn(C3CCCCO3)c1)c1c(OCC#N)cc(Cl)c(Cl)c12. The minimum absolute atomic E-state index is 0.104. The molecular formula is C23H23Cl2N5O3. The Kier molecular flexibility index (Phi) is 5.95. The molecule has 0 bridgehead atoms. The number of ether oxygens (including phenoxy) is 2. The van der Waals surface area contributed by atoms with Crippen LogP contribution >= 0.6 is 23.2 Å². The Labute approximate surface area is 201 Å². The van der Waals surface area contributed by atoms with E-state index in [2.05, 4.69) is 15.0 Å². The van der Waals surface area contributed by atoms with Crippen molar-refractivity contribution in [3.05, 3.63) is 34.2 Å². The lowest BCUT2D eigenvalue weighted by Gasteiger charge is -2.22. The van der Waals surface area contributed by atoms with E-state index in [1.807, 2.05) is 16.9 Å². The molecule has 1 unspecified atom stereocenters. The van der Waals surface area contributed by atoms with Gasteiger partial charge in [-0.1, -0.05) is 23.2 Å². The molecule has 0 saturated carbocycles. The number of aryl methyl sites for hydroxylation is 1. The highest BCUT2D eigenvalue weighted by Gasteiger charge is 2.34. The fourth-order valence-corrected chi connectivity index (χ4v) is 5.36. The number of hydrogen-bond donors (Lipinski definition) is 1. The predicted octanol–water partition coefficient (Wildman–Crippen LogP) is 4.99. The maximum absolute atomic E-state index is 12.0. The molecule has 4 heterocycles. The van der Waals surface area contributed by atoms with E-state index >= 15 is 0 Å². The first-order valence-corrected chi connectivity index (χ1v) is 11.7. The fraction of sp³-hybridized carbons (Fsp3) is 0.435. The average molecular weight is 488 g/mol. The van der Waals surface area contributed by atoms with Crippen LogP contribution in [0.3, 0.4) is 0 Å². The molecule has 2 aromatic heterocycles. The van der Waals surface area contributed by atoms with Gasteiger partial charge in [0, 0.05) is 49.2 Å². The van der Waals surface area contributed by atoms with E-state index < -0.39 is 0 Å². The molecule has 1 aromatic carbocycles. The first-order valence-electron chi connectivity index (χ1n) is 11.0. The van der Waals surface area contributed by atoms with Gasteiger partial charge in [-0.15, -0.1) is 0 Å². The minimum Gasteiger partial charge on any atom is -0.478 e. The lowest BCUT2D eigenvalue weighted by atomic mass is 10.00. The summed E-state index contributed by atoms with van der Waals surface area (Å²) in [5.74, 6) is 0.363. The number of nitriles is 1. The smallest absolute Gasteiger partial charge is 0.217 e. The van der Waals surface area contributed by atoms with Gasteiger partial charge in [-0.3, -0.25) is 4.79 Å². The molecule has 0 spiro atoms. The average Bonchev–Trinajstić information content (AvgIpc) is 3.51. The number of fused-ring (bicyclic) bond motifs is 3. The number of hydrogen-bond acceptors (Lipinski definition) is 5. The maximum atomic E-state index is 12.0. The minimum atomic E-state index is -0.196. The molecule has 1 saturated heterocycles. The van der Waals surface area contributed by atoms with Gasteiger partial charge in [0.05, 0.1) is 33.2 Å². The van der Waals surface area contributed by atoms with Gasteiger partial charge in [0.15, 0.2) is 6.61 Å². The van der Waals surface area contributed by atoms with Crippen LogP contribution in [-0.2, 0) is 16.1 Å². The number of benzene rings is 1. The molecule has 1 fully saturated rings. The van der Waals surface area contributed by atoms with Crippen LogP contribution in [0.5, 0.6) is 5.75 Å². The molecule has 2 aliphatic heterocycles. The molecule has 0 radical (unpaired) electrons. The fourth-order valence-electron chi connectivity index (χ4n) is 4.92. The zero-order chi connectivity index (χ0) is 23.1. The van der Waals surface area contributed by atoms with Crippen LogP contribution in [0.25, 0.3) is 22.0 Å². The van der Waals surface area contributed by atoms with E-state index in [1.165, 1.54) is 6.92 Å². The van der Waals surface area contributed by atoms with Crippen LogP contribution in [0.15, 0.2) is 18.5 Å². The lowest BCUT2D eigenvalue weighted by molar-refractivity contribution is -0.119. The molecule has 0 aliphatic carbocycles. The number of nitrogens with one attached hydrogen (secondary N) is 1. The third-order valence-electron chi connectivity index (χ3n) is 6.21. The van der Waals surface area contributed by atoms with E-state index in [9.17, 15) is 4.79 Å². The highest BCUT2D eigenvalue weighted by Crippen LogP contribution is 2.50. The zero-order valence-corrected chi connectivity index (χ0v) is 19.6. The third-order valence-corrected chi connectivity index (χ3v) is 6.98. The number of aromatic nitrogens is 3. The summed E-state index contributed by atoms with van der Waals surface area (Å²) in [6.07, 6.45) is 7.44. The van der Waals surface area contributed by atoms with Crippen molar-refractivity contribution in [3.63, 3.8) is 0 Å². The third kappa shape index (κ3) is 3.84. The highest BCUT2D eigenvalue weighted by molar-refractivity contribution is 6.45. The molecule has 1 amide bonds. The summed E-state index contributed by atoms with van der Waals surface area (Å²) >= 11 is 13.1. The van der Waals surface area contributed by atoms with Crippen LogP contribution in [0.4, 0.5) is 0 Å². The van der Waals surface area contributed by atoms with Gasteiger partial charge in [-0.2, -0.15) is 10.4 Å². The Morgan fingerprint density at radius 1 is 1.39 bits per heavy atom. The molecule has 2 aliphatic rings. The summed E-state index contributed by atoms with van der Waals surface area (Å²) in [6.45, 7) is 2.76. The first kappa shape index (κ1) is 22.1. The van der Waals surface area contributed by atoms with Crippen molar-refractivity contribution in [2.24, 2.45) is 0 Å². The number of halogens is 2. The van der Waals surface area contributed by atoms with Gasteiger partial charge in [0.2, 0.25) is 5.91 Å². The van der Waals surface area contributed by atoms with Gasteiger partial charge in [-0.05, 0) is 25.7 Å². The van der Waals surface area contributed by atoms with Crippen molar-refractivity contribution in [2.45, 2.75) is 51.4 Å². The second kappa shape index (κ2) is 8.90. The number of carbonyl (C=O) groups is 1. The molecule has 172 valence electrons. The molecule has 1 N–H and O–H groups in total. The lowest BCUT2D eigenvalue weighted by Crippen LogP contribution is -2.24. The van der Waals surface area contributed by atoms with Crippen LogP contribution in [-0.4, -0.2) is 33.5 Å². The van der Waals surface area contributed by atoms with Crippen molar-refractivity contribution in [1.82, 2.24) is 19.7 Å². The van der Waals surface area contributed by atoms with Crippen molar-refractivity contribution in [1.29, 1.82) is 5.26 Å². The van der Waals surface area contributed by atoms with Gasteiger partial charge >= 0.3 is 0 Å². The number of carbonyl (C=O) groups excluding carboxylic acids is 1. The summed E-state index contributed by atoms with van der Waals surface area (Å²) in [7, 11) is 0. The van der Waals surface area contributed by atoms with E-state index in [0.717, 1.165) is 60.0 Å². The zero-order valence-electron chi connectivity index (χ0n) is 18.1. The van der Waals surface area contributed by atoms with Gasteiger partial charge in [0.1, 0.15) is 18.0 Å². The largest absolute Gasteiger partial charge is 0.478 e. The summed E-state index contributed by atoms with van der Waals surface area (Å²) in [6, 6.07) is 3.46. The predicted molar refractivity (Wildman–Crippen MR) is 124 cm³/mol. The first-order chi connectivity index (χ1) is 16.0. The van der Waals surface area contributed by atoms with E-state index in [4.69, 9.17) is 37.9 Å². The molecule has 10 heteroatoms. The van der Waals surface area contributed by atoms with E-state index in [1.54, 1.807) is 12.3 Å². The summed E-state index contributed by atoms with van der Waals surface area (Å²) in [5.41, 5.74) is 3.39. The summed E-state index contributed by atoms with van der Waals surface area (Å²) in [4.78, 5) is 12.0. The number of amides is 1. The Morgan fingerprint density at radius 3 is 2.97 bits per heavy atom. The molecular weight excluding hydrogens is 465 g/mol. The second-order valence-electron chi connectivity index (χ2n) is 8.32. The summed E-state index contributed by atoms with van der Waals surface area (Å²) in [5, 5.41) is 18.3. The van der Waals surface area contributed by atoms with Gasteiger partial charge in [-0.25, -0.2) is 4.68 Å². The molecule has 5 rings (SSSR count). The molecule has 33 heavy (non-hydrogen) atoms. The standard InChI is InChI=1S/C23H23Cl2N5O3/c1-13(31)28-16-5-7-29-22(16)19(14-11-27-30(12-14)18-4-2-3-8-33-18)20-17(32-9-6-26)10-15(24)21(25)23(20)29/h10-12,16,18H,2-5,7-9H2,1H3,(H,28,31)/t16-,18?/m0/s1. The summed E-state index contributed by atoms with van der Waals surface area (Å²) < 4.78 is 15.6. The van der Waals surface area contributed by atoms with Gasteiger partial charge < -0.3 is 19.4 Å². The van der Waals surface area contributed by atoms with Crippen molar-refractivity contribution < 1.29 is 14.3 Å². The number of rotatable bonds is 5. The Hall–Kier alpha value is -2.73. The van der Waals surface area contributed by atoms with Crippen LogP contribution < -0.4 is 10.1 Å². The molecule has 3 aromatic rings. The van der Waals surface area contributed by atoms with Crippen LogP contribution in [0.1, 0.15) is 50.6 Å². The monoisotopic (exact) mass is 487 g/mol. The normalized spacial score (nSPS) is 19.9. The highest BCUT2D eigenvalue weighted by atomic mass is 35.5. The van der Waals surface area contributed by atoms with Crippen molar-refractivity contribution >= 4 is 40.0 Å². The maximum Gasteiger partial charge on any atom is 0.217 e. The van der Waals surface area contributed by atoms with Crippen LogP contribution in [0.2, 0.25) is 10.0 Å². The second-order valence-corrected chi connectivity index (χ2v) is 9.11.